The van der Waals surface area contributed by atoms with E-state index < -0.39 is 0 Å². The monoisotopic (exact) mass is 320 g/mol. The second-order valence-electron chi connectivity index (χ2n) is 6.40. The molecule has 5 nitrogen and oxygen atoms in total. The van der Waals surface area contributed by atoms with Gasteiger partial charge in [0.2, 0.25) is 0 Å². The second-order valence-corrected chi connectivity index (χ2v) is 6.40. The summed E-state index contributed by atoms with van der Waals surface area (Å²) in [5, 5.41) is 12.3. The van der Waals surface area contributed by atoms with E-state index in [4.69, 9.17) is 4.74 Å². The molecule has 0 heterocycles. The lowest BCUT2D eigenvalue weighted by Gasteiger charge is -2.27. The first-order valence-electron chi connectivity index (χ1n) is 8.35. The van der Waals surface area contributed by atoms with E-state index in [1.165, 1.54) is 11.1 Å². The normalized spacial score (nSPS) is 18.0. The molecule has 1 aromatic rings. The quantitative estimate of drug-likeness (QED) is 0.847. The standard InChI is InChI=1S/C18H28N2O3/c1-13(21)9-10-20(2)18(22)19-12-15-6-4-5-14-11-16(23-3)7-8-17(14)15/h7-8,11,13,15,21H,4-6,9-10,12H2,1-3H3,(H,19,22)/t13-,15-/m0/s1. The Hall–Kier alpha value is -1.75. The Morgan fingerprint density at radius 2 is 2.30 bits per heavy atom. The molecular weight excluding hydrogens is 292 g/mol. The number of hydrogen-bond acceptors (Lipinski definition) is 3. The predicted molar refractivity (Wildman–Crippen MR) is 91.0 cm³/mol. The van der Waals surface area contributed by atoms with Gasteiger partial charge in [0, 0.05) is 26.1 Å². The second kappa shape index (κ2) is 8.20. The number of ether oxygens (including phenoxy) is 1. The number of nitrogens with zero attached hydrogens (tertiary/aromatic N) is 1. The predicted octanol–water partition coefficient (Wildman–Crippen LogP) is 2.53. The van der Waals surface area contributed by atoms with Crippen molar-refractivity contribution in [1.82, 2.24) is 10.2 Å². The van der Waals surface area contributed by atoms with Crippen molar-refractivity contribution in [3.8, 4) is 5.75 Å². The Balaban J connectivity index is 1.91. The largest absolute Gasteiger partial charge is 0.497 e. The van der Waals surface area contributed by atoms with Crippen molar-refractivity contribution < 1.29 is 14.6 Å². The van der Waals surface area contributed by atoms with Gasteiger partial charge in [-0.05, 0) is 55.9 Å². The molecule has 0 bridgehead atoms. The molecular formula is C18H28N2O3. The average Bonchev–Trinajstić information content (AvgIpc) is 2.56. The molecule has 2 rings (SSSR count). The topological polar surface area (TPSA) is 61.8 Å². The van der Waals surface area contributed by atoms with Crippen molar-refractivity contribution in [2.75, 3.05) is 27.2 Å². The Morgan fingerprint density at radius 3 is 3.00 bits per heavy atom. The highest BCUT2D eigenvalue weighted by molar-refractivity contribution is 5.73. The van der Waals surface area contributed by atoms with E-state index in [0.29, 0.717) is 25.4 Å². The summed E-state index contributed by atoms with van der Waals surface area (Å²) in [6, 6.07) is 6.15. The summed E-state index contributed by atoms with van der Waals surface area (Å²) in [6.45, 7) is 2.94. The van der Waals surface area contributed by atoms with Crippen molar-refractivity contribution in [1.29, 1.82) is 0 Å². The number of hydrogen-bond donors (Lipinski definition) is 2. The van der Waals surface area contributed by atoms with Crippen LogP contribution in [0.4, 0.5) is 4.79 Å². The molecule has 5 heteroatoms. The average molecular weight is 320 g/mol. The molecule has 0 saturated heterocycles. The number of fused-ring (bicyclic) bond motifs is 1. The van der Waals surface area contributed by atoms with E-state index in [1.54, 1.807) is 26.0 Å². The van der Waals surface area contributed by atoms with E-state index in [2.05, 4.69) is 17.4 Å². The number of methoxy groups -OCH3 is 1. The third kappa shape index (κ3) is 4.86. The van der Waals surface area contributed by atoms with E-state index in [9.17, 15) is 9.90 Å². The van der Waals surface area contributed by atoms with Crippen LogP contribution in [0.25, 0.3) is 0 Å². The van der Waals surface area contributed by atoms with Gasteiger partial charge in [-0.15, -0.1) is 0 Å². The van der Waals surface area contributed by atoms with Crippen LogP contribution in [0.3, 0.4) is 0 Å². The Bertz CT molecular complexity index is 531. The molecule has 0 aromatic heterocycles. The Labute approximate surface area is 138 Å². The van der Waals surface area contributed by atoms with Crippen LogP contribution in [0.1, 0.15) is 43.2 Å². The minimum absolute atomic E-state index is 0.0775. The fraction of sp³-hybridized carbons (Fsp3) is 0.611. The van der Waals surface area contributed by atoms with E-state index in [0.717, 1.165) is 25.0 Å². The van der Waals surface area contributed by atoms with Crippen molar-refractivity contribution in [2.45, 2.75) is 44.6 Å². The first-order valence-corrected chi connectivity index (χ1v) is 8.35. The van der Waals surface area contributed by atoms with Crippen LogP contribution in [0.15, 0.2) is 18.2 Å². The summed E-state index contributed by atoms with van der Waals surface area (Å²) in [6.07, 6.45) is 3.52. The zero-order valence-electron chi connectivity index (χ0n) is 14.3. The molecule has 128 valence electrons. The van der Waals surface area contributed by atoms with Gasteiger partial charge < -0.3 is 20.1 Å². The molecule has 1 aromatic carbocycles. The van der Waals surface area contributed by atoms with Crippen LogP contribution in [-0.2, 0) is 6.42 Å². The highest BCUT2D eigenvalue weighted by atomic mass is 16.5. The number of carbonyl (C=O) groups excluding carboxylic acids is 1. The zero-order valence-corrected chi connectivity index (χ0v) is 14.3. The fourth-order valence-electron chi connectivity index (χ4n) is 3.06. The van der Waals surface area contributed by atoms with Gasteiger partial charge >= 0.3 is 6.03 Å². The van der Waals surface area contributed by atoms with Crippen LogP contribution in [-0.4, -0.2) is 49.4 Å². The first-order chi connectivity index (χ1) is 11.0. The highest BCUT2D eigenvalue weighted by Crippen LogP contribution is 2.33. The summed E-state index contributed by atoms with van der Waals surface area (Å²) >= 11 is 0. The minimum Gasteiger partial charge on any atom is -0.497 e. The lowest BCUT2D eigenvalue weighted by atomic mass is 9.82. The lowest BCUT2D eigenvalue weighted by Crippen LogP contribution is -2.40. The van der Waals surface area contributed by atoms with Crippen LogP contribution in [0.5, 0.6) is 5.75 Å². The molecule has 2 N–H and O–H groups in total. The van der Waals surface area contributed by atoms with Gasteiger partial charge in [-0.1, -0.05) is 6.07 Å². The first kappa shape index (κ1) is 17.6. The van der Waals surface area contributed by atoms with Crippen molar-refractivity contribution in [3.63, 3.8) is 0 Å². The van der Waals surface area contributed by atoms with E-state index >= 15 is 0 Å². The van der Waals surface area contributed by atoms with Crippen molar-refractivity contribution in [3.05, 3.63) is 29.3 Å². The number of amides is 2. The van der Waals surface area contributed by atoms with Gasteiger partial charge in [0.05, 0.1) is 13.2 Å². The number of urea groups is 1. The number of aryl methyl sites for hydroxylation is 1. The maximum atomic E-state index is 12.1. The van der Waals surface area contributed by atoms with Crippen LogP contribution in [0, 0.1) is 0 Å². The van der Waals surface area contributed by atoms with E-state index in [-0.39, 0.29) is 12.1 Å². The van der Waals surface area contributed by atoms with Gasteiger partial charge in [-0.2, -0.15) is 0 Å². The number of aliphatic hydroxyl groups excluding tert-OH is 1. The van der Waals surface area contributed by atoms with Gasteiger partial charge in [0.25, 0.3) is 0 Å². The molecule has 1 aliphatic rings. The zero-order chi connectivity index (χ0) is 16.8. The molecule has 2 atom stereocenters. The lowest BCUT2D eigenvalue weighted by molar-refractivity contribution is 0.163. The number of benzene rings is 1. The molecule has 0 fully saturated rings. The molecule has 0 unspecified atom stereocenters. The minimum atomic E-state index is -0.384. The SMILES string of the molecule is COc1ccc2c(c1)CCC[C@H]2CNC(=O)N(C)CC[C@H](C)O. The molecule has 2 amide bonds. The van der Waals surface area contributed by atoms with Crippen molar-refractivity contribution in [2.24, 2.45) is 0 Å². The highest BCUT2D eigenvalue weighted by Gasteiger charge is 2.21. The number of aliphatic hydroxyl groups is 1. The summed E-state index contributed by atoms with van der Waals surface area (Å²) < 4.78 is 5.29. The van der Waals surface area contributed by atoms with Gasteiger partial charge in [0.15, 0.2) is 0 Å². The molecule has 0 aliphatic heterocycles. The van der Waals surface area contributed by atoms with Crippen LogP contribution < -0.4 is 10.1 Å². The Kier molecular flexibility index (Phi) is 6.28. The molecule has 23 heavy (non-hydrogen) atoms. The third-order valence-electron chi connectivity index (χ3n) is 4.52. The Morgan fingerprint density at radius 1 is 1.52 bits per heavy atom. The smallest absolute Gasteiger partial charge is 0.317 e. The summed E-state index contributed by atoms with van der Waals surface area (Å²) in [5.74, 6) is 1.25. The fourth-order valence-corrected chi connectivity index (χ4v) is 3.06. The number of rotatable bonds is 6. The molecule has 1 aliphatic carbocycles. The van der Waals surface area contributed by atoms with E-state index in [1.807, 2.05) is 6.07 Å². The maximum absolute atomic E-state index is 12.1. The van der Waals surface area contributed by atoms with Gasteiger partial charge in [-0.3, -0.25) is 0 Å². The molecule has 0 radical (unpaired) electrons. The number of carbonyl (C=O) groups is 1. The molecule has 0 spiro atoms. The van der Waals surface area contributed by atoms with Crippen LogP contribution >= 0.6 is 0 Å². The number of nitrogens with one attached hydrogen (secondary N) is 1. The summed E-state index contributed by atoms with van der Waals surface area (Å²) in [5.41, 5.74) is 2.65. The summed E-state index contributed by atoms with van der Waals surface area (Å²) in [4.78, 5) is 13.8. The third-order valence-corrected chi connectivity index (χ3v) is 4.52. The van der Waals surface area contributed by atoms with Gasteiger partial charge in [0.1, 0.15) is 5.75 Å². The summed E-state index contributed by atoms with van der Waals surface area (Å²) in [7, 11) is 3.45. The van der Waals surface area contributed by atoms with Crippen LogP contribution in [0.2, 0.25) is 0 Å². The van der Waals surface area contributed by atoms with Crippen molar-refractivity contribution >= 4 is 6.03 Å². The molecule has 0 saturated carbocycles. The maximum Gasteiger partial charge on any atom is 0.317 e. The van der Waals surface area contributed by atoms with Gasteiger partial charge in [-0.25, -0.2) is 4.79 Å².